The normalized spacial score (nSPS) is 10.9. The van der Waals surface area contributed by atoms with Gasteiger partial charge >= 0.3 is 7.12 Å². The van der Waals surface area contributed by atoms with Crippen molar-refractivity contribution in [2.45, 2.75) is 10.9 Å². The summed E-state index contributed by atoms with van der Waals surface area (Å²) in [7, 11) is -1.42. The number of fused-ring (bicyclic) bond motifs is 1. The van der Waals surface area contributed by atoms with E-state index < -0.39 is 7.12 Å². The van der Waals surface area contributed by atoms with Crippen molar-refractivity contribution in [3.63, 3.8) is 0 Å². The summed E-state index contributed by atoms with van der Waals surface area (Å²) in [6, 6.07) is 13.0. The number of rotatable bonds is 4. The Morgan fingerprint density at radius 2 is 1.85 bits per heavy atom. The summed E-state index contributed by atoms with van der Waals surface area (Å²) in [5.41, 5.74) is 2.41. The summed E-state index contributed by atoms with van der Waals surface area (Å²) in [6.45, 7) is 0. The summed E-state index contributed by atoms with van der Waals surface area (Å²) in [5, 5.41) is 27.2. The molecular formula is C13H12BN3O2S. The largest absolute Gasteiger partial charge is 0.488 e. The first-order valence-corrected chi connectivity index (χ1v) is 7.10. The van der Waals surface area contributed by atoms with Crippen molar-refractivity contribution in [1.29, 1.82) is 0 Å². The molecule has 20 heavy (non-hydrogen) atoms. The molecule has 0 radical (unpaired) electrons. The molecule has 0 aliphatic rings. The molecule has 1 aromatic carbocycles. The van der Waals surface area contributed by atoms with E-state index >= 15 is 0 Å². The Hall–Kier alpha value is -1.83. The highest BCUT2D eigenvalue weighted by Crippen LogP contribution is 2.21. The fourth-order valence-electron chi connectivity index (χ4n) is 1.85. The van der Waals surface area contributed by atoms with Gasteiger partial charge in [0.1, 0.15) is 0 Å². The molecule has 0 aliphatic heterocycles. The fourth-order valence-corrected chi connectivity index (χ4v) is 2.73. The van der Waals surface area contributed by atoms with Crippen molar-refractivity contribution in [2.24, 2.45) is 0 Å². The van der Waals surface area contributed by atoms with Crippen LogP contribution in [-0.2, 0) is 5.75 Å². The van der Waals surface area contributed by atoms with Gasteiger partial charge in [-0.05, 0) is 23.2 Å². The van der Waals surface area contributed by atoms with Crippen LogP contribution in [0, 0.1) is 0 Å². The predicted octanol–water partition coefficient (Wildman–Crippen LogP) is 0.701. The molecule has 2 heterocycles. The van der Waals surface area contributed by atoms with Gasteiger partial charge < -0.3 is 10.0 Å². The lowest BCUT2D eigenvalue weighted by atomic mass is 9.80. The first kappa shape index (κ1) is 13.2. The van der Waals surface area contributed by atoms with E-state index in [-0.39, 0.29) is 0 Å². The van der Waals surface area contributed by atoms with Gasteiger partial charge in [0, 0.05) is 11.9 Å². The van der Waals surface area contributed by atoms with E-state index in [0.717, 1.165) is 22.1 Å². The Bertz CT molecular complexity index is 715. The lowest BCUT2D eigenvalue weighted by Crippen LogP contribution is -2.29. The molecule has 0 amide bonds. The van der Waals surface area contributed by atoms with E-state index in [1.165, 1.54) is 0 Å². The molecular weight excluding hydrogens is 273 g/mol. The van der Waals surface area contributed by atoms with E-state index in [1.807, 2.05) is 40.9 Å². The zero-order valence-corrected chi connectivity index (χ0v) is 11.4. The standard InChI is InChI=1S/C13H12BN3O2S/c18-14(19)11-6-4-10(5-7-11)9-20-13-16-15-12-3-1-2-8-17(12)13/h1-8,18-19H,9H2. The van der Waals surface area contributed by atoms with E-state index in [9.17, 15) is 0 Å². The molecule has 0 bridgehead atoms. The Balaban J connectivity index is 1.73. The molecule has 5 nitrogen and oxygen atoms in total. The summed E-state index contributed by atoms with van der Waals surface area (Å²) < 4.78 is 1.94. The van der Waals surface area contributed by atoms with Crippen LogP contribution in [0.25, 0.3) is 5.65 Å². The van der Waals surface area contributed by atoms with Crippen LogP contribution in [0.2, 0.25) is 0 Å². The van der Waals surface area contributed by atoms with Crippen LogP contribution in [0.15, 0.2) is 53.8 Å². The SMILES string of the molecule is OB(O)c1ccc(CSc2nnc3ccccn23)cc1. The van der Waals surface area contributed by atoms with Gasteiger partial charge in [0.25, 0.3) is 0 Å². The topological polar surface area (TPSA) is 70.7 Å². The van der Waals surface area contributed by atoms with Crippen molar-refractivity contribution in [3.8, 4) is 0 Å². The Morgan fingerprint density at radius 1 is 1.05 bits per heavy atom. The Kier molecular flexibility index (Phi) is 3.73. The van der Waals surface area contributed by atoms with Crippen LogP contribution in [-0.4, -0.2) is 31.8 Å². The van der Waals surface area contributed by atoms with E-state index in [1.54, 1.807) is 23.9 Å². The van der Waals surface area contributed by atoms with Crippen molar-refractivity contribution in [2.75, 3.05) is 0 Å². The third-order valence-corrected chi connectivity index (χ3v) is 3.94. The zero-order chi connectivity index (χ0) is 13.9. The molecule has 0 atom stereocenters. The van der Waals surface area contributed by atoms with Crippen molar-refractivity contribution < 1.29 is 10.0 Å². The maximum atomic E-state index is 9.04. The second kappa shape index (κ2) is 5.66. The summed E-state index contributed by atoms with van der Waals surface area (Å²) in [6.07, 6.45) is 1.93. The summed E-state index contributed by atoms with van der Waals surface area (Å²) in [4.78, 5) is 0. The lowest BCUT2D eigenvalue weighted by Gasteiger charge is -2.03. The smallest absolute Gasteiger partial charge is 0.423 e. The highest BCUT2D eigenvalue weighted by Gasteiger charge is 2.10. The summed E-state index contributed by atoms with van der Waals surface area (Å²) >= 11 is 1.59. The van der Waals surface area contributed by atoms with Crippen LogP contribution >= 0.6 is 11.8 Å². The highest BCUT2D eigenvalue weighted by atomic mass is 32.2. The van der Waals surface area contributed by atoms with Crippen LogP contribution in [0.3, 0.4) is 0 Å². The number of aromatic nitrogens is 3. The number of hydrogen-bond donors (Lipinski definition) is 2. The van der Waals surface area contributed by atoms with Crippen LogP contribution in [0.1, 0.15) is 5.56 Å². The predicted molar refractivity (Wildman–Crippen MR) is 78.8 cm³/mol. The minimum absolute atomic E-state index is 0.492. The number of benzene rings is 1. The maximum absolute atomic E-state index is 9.04. The molecule has 7 heteroatoms. The van der Waals surface area contributed by atoms with Gasteiger partial charge in [0.15, 0.2) is 10.8 Å². The third-order valence-electron chi connectivity index (χ3n) is 2.93. The maximum Gasteiger partial charge on any atom is 0.488 e. The van der Waals surface area contributed by atoms with Gasteiger partial charge in [0.05, 0.1) is 0 Å². The molecule has 3 rings (SSSR count). The van der Waals surface area contributed by atoms with Gasteiger partial charge in [-0.2, -0.15) is 0 Å². The number of pyridine rings is 1. The minimum atomic E-state index is -1.42. The molecule has 0 unspecified atom stereocenters. The quantitative estimate of drug-likeness (QED) is 0.545. The second-order valence-electron chi connectivity index (χ2n) is 4.32. The van der Waals surface area contributed by atoms with Gasteiger partial charge in [0.2, 0.25) is 0 Å². The van der Waals surface area contributed by atoms with Crippen LogP contribution in [0.5, 0.6) is 0 Å². The van der Waals surface area contributed by atoms with Gasteiger partial charge in [-0.3, -0.25) is 4.40 Å². The average molecular weight is 285 g/mol. The summed E-state index contributed by atoms with van der Waals surface area (Å²) in [5.74, 6) is 0.748. The minimum Gasteiger partial charge on any atom is -0.423 e. The Labute approximate surface area is 120 Å². The fraction of sp³-hybridized carbons (Fsp3) is 0.0769. The third kappa shape index (κ3) is 2.70. The molecule has 3 aromatic rings. The van der Waals surface area contributed by atoms with E-state index in [0.29, 0.717) is 5.46 Å². The van der Waals surface area contributed by atoms with Crippen molar-refractivity contribution in [1.82, 2.24) is 14.6 Å². The first-order valence-electron chi connectivity index (χ1n) is 6.11. The molecule has 0 saturated heterocycles. The Morgan fingerprint density at radius 3 is 2.60 bits per heavy atom. The first-order chi connectivity index (χ1) is 9.74. The van der Waals surface area contributed by atoms with Gasteiger partial charge in [-0.1, -0.05) is 42.1 Å². The highest BCUT2D eigenvalue weighted by molar-refractivity contribution is 7.98. The van der Waals surface area contributed by atoms with Crippen molar-refractivity contribution >= 4 is 30.0 Å². The number of hydrogen-bond acceptors (Lipinski definition) is 5. The van der Waals surface area contributed by atoms with E-state index in [2.05, 4.69) is 10.2 Å². The lowest BCUT2D eigenvalue weighted by molar-refractivity contribution is 0.426. The molecule has 2 N–H and O–H groups in total. The molecule has 100 valence electrons. The van der Waals surface area contributed by atoms with Crippen LogP contribution in [0.4, 0.5) is 0 Å². The zero-order valence-electron chi connectivity index (χ0n) is 10.5. The molecule has 0 fully saturated rings. The average Bonchev–Trinajstić information content (AvgIpc) is 2.89. The molecule has 0 aliphatic carbocycles. The van der Waals surface area contributed by atoms with Crippen LogP contribution < -0.4 is 5.46 Å². The molecule has 0 spiro atoms. The van der Waals surface area contributed by atoms with E-state index in [4.69, 9.17) is 10.0 Å². The van der Waals surface area contributed by atoms with Crippen molar-refractivity contribution in [3.05, 3.63) is 54.2 Å². The monoisotopic (exact) mass is 285 g/mol. The number of nitrogens with zero attached hydrogens (tertiary/aromatic N) is 3. The molecule has 2 aromatic heterocycles. The molecule has 0 saturated carbocycles. The second-order valence-corrected chi connectivity index (χ2v) is 5.26. The number of thioether (sulfide) groups is 1. The van der Waals surface area contributed by atoms with Gasteiger partial charge in [-0.15, -0.1) is 10.2 Å². The van der Waals surface area contributed by atoms with Gasteiger partial charge in [-0.25, -0.2) is 0 Å².